The standard InChI is InChI=1S/C21H22N3/c1-16-14-18(10-9-17-6-3-2-4-7-17)24-15-23-13-5-8-20(23)19(11-12-22)21(16)24/h2-10,13-14H,11-12,15,22H2,1H3/q+1/b10-9+. The summed E-state index contributed by atoms with van der Waals surface area (Å²) in [4.78, 5) is 0. The number of nitrogens with zero attached hydrogens (tertiary/aromatic N) is 2. The monoisotopic (exact) mass is 316 g/mol. The van der Waals surface area contributed by atoms with Crippen molar-refractivity contribution in [2.75, 3.05) is 6.54 Å². The molecule has 3 nitrogen and oxygen atoms in total. The summed E-state index contributed by atoms with van der Waals surface area (Å²) in [5.74, 6) is 0. The molecule has 24 heavy (non-hydrogen) atoms. The summed E-state index contributed by atoms with van der Waals surface area (Å²) < 4.78 is 4.70. The van der Waals surface area contributed by atoms with Crippen LogP contribution < -0.4 is 5.73 Å². The first kappa shape index (κ1) is 14.9. The molecule has 0 atom stereocenters. The highest BCUT2D eigenvalue weighted by molar-refractivity contribution is 5.80. The minimum absolute atomic E-state index is 0.667. The van der Waals surface area contributed by atoms with E-state index < -0.39 is 0 Å². The first-order chi connectivity index (χ1) is 11.8. The maximum absolute atomic E-state index is 5.88. The van der Waals surface area contributed by atoms with Crippen molar-refractivity contribution in [1.29, 1.82) is 0 Å². The Labute approximate surface area is 142 Å². The number of nitrogens with two attached hydrogens (primary N) is 1. The topological polar surface area (TPSA) is 34.0 Å². The van der Waals surface area contributed by atoms with Gasteiger partial charge in [-0.25, -0.2) is 0 Å². The summed E-state index contributed by atoms with van der Waals surface area (Å²) in [6.45, 7) is 3.72. The first-order valence-electron chi connectivity index (χ1n) is 8.43. The van der Waals surface area contributed by atoms with Gasteiger partial charge in [-0.2, -0.15) is 4.58 Å². The molecule has 2 aliphatic rings. The third-order valence-electron chi connectivity index (χ3n) is 4.68. The number of hydrogen-bond acceptors (Lipinski definition) is 1. The summed E-state index contributed by atoms with van der Waals surface area (Å²) in [6.07, 6.45) is 11.7. The fourth-order valence-corrected chi connectivity index (χ4v) is 3.62. The minimum atomic E-state index is 0.667. The average molecular weight is 316 g/mol. The Morgan fingerprint density at radius 3 is 2.83 bits per heavy atom. The van der Waals surface area contributed by atoms with E-state index in [1.807, 2.05) is 6.07 Å². The number of allylic oxidation sites excluding steroid dienone is 2. The Hall–Kier alpha value is -2.65. The highest BCUT2D eigenvalue weighted by Gasteiger charge is 2.31. The molecule has 0 radical (unpaired) electrons. The van der Waals surface area contributed by atoms with E-state index in [0.29, 0.717) is 6.54 Å². The highest BCUT2D eigenvalue weighted by atomic mass is 15.2. The molecule has 0 fully saturated rings. The van der Waals surface area contributed by atoms with Crippen LogP contribution in [-0.2, 0) is 6.67 Å². The second-order valence-corrected chi connectivity index (χ2v) is 6.29. The van der Waals surface area contributed by atoms with E-state index in [9.17, 15) is 0 Å². The molecule has 2 aliphatic heterocycles. The molecule has 1 aromatic carbocycles. The van der Waals surface area contributed by atoms with Gasteiger partial charge in [-0.3, -0.25) is 4.57 Å². The molecular weight excluding hydrogens is 294 g/mol. The van der Waals surface area contributed by atoms with Crippen LogP contribution in [0, 0.1) is 6.92 Å². The smallest absolute Gasteiger partial charge is 0.228 e. The van der Waals surface area contributed by atoms with E-state index in [1.165, 1.54) is 33.8 Å². The van der Waals surface area contributed by atoms with E-state index in [2.05, 4.69) is 76.9 Å². The number of benzene rings is 1. The first-order valence-corrected chi connectivity index (χ1v) is 8.43. The molecule has 4 rings (SSSR count). The van der Waals surface area contributed by atoms with Gasteiger partial charge in [-0.15, -0.1) is 0 Å². The van der Waals surface area contributed by atoms with Gasteiger partial charge in [0.05, 0.1) is 5.69 Å². The Morgan fingerprint density at radius 1 is 1.21 bits per heavy atom. The van der Waals surface area contributed by atoms with Crippen LogP contribution in [0.15, 0.2) is 54.2 Å². The number of fused-ring (bicyclic) bond motifs is 2. The normalized spacial score (nSPS) is 15.8. The summed E-state index contributed by atoms with van der Waals surface area (Å²) >= 11 is 0. The lowest BCUT2D eigenvalue weighted by Crippen LogP contribution is -2.23. The maximum Gasteiger partial charge on any atom is 0.228 e. The van der Waals surface area contributed by atoms with Gasteiger partial charge in [-0.1, -0.05) is 36.4 Å². The molecule has 3 heterocycles. The van der Waals surface area contributed by atoms with E-state index in [-0.39, 0.29) is 0 Å². The molecule has 3 heteroatoms. The van der Waals surface area contributed by atoms with E-state index >= 15 is 0 Å². The molecule has 120 valence electrons. The van der Waals surface area contributed by atoms with Crippen molar-refractivity contribution >= 4 is 23.9 Å². The summed E-state index contributed by atoms with van der Waals surface area (Å²) in [5.41, 5.74) is 13.6. The largest absolute Gasteiger partial charge is 0.330 e. The SMILES string of the molecule is Cc1cc(/C=C/c2ccccc2)n2c1C(CCN)=C1C=CC=[N+]1C2. The van der Waals surface area contributed by atoms with E-state index in [1.54, 1.807) is 0 Å². The van der Waals surface area contributed by atoms with Crippen LogP contribution in [0.2, 0.25) is 0 Å². The van der Waals surface area contributed by atoms with Crippen molar-refractivity contribution in [3.05, 3.63) is 76.8 Å². The molecule has 0 aliphatic carbocycles. The third kappa shape index (κ3) is 2.47. The van der Waals surface area contributed by atoms with Gasteiger partial charge in [0.2, 0.25) is 12.4 Å². The van der Waals surface area contributed by atoms with Crippen LogP contribution in [0.25, 0.3) is 17.7 Å². The zero-order chi connectivity index (χ0) is 16.5. The molecule has 0 saturated carbocycles. The van der Waals surface area contributed by atoms with Crippen LogP contribution in [-0.4, -0.2) is 21.9 Å². The molecule has 2 aromatic rings. The number of aromatic nitrogens is 1. The van der Waals surface area contributed by atoms with Gasteiger partial charge in [-0.05, 0) is 43.2 Å². The van der Waals surface area contributed by atoms with Gasteiger partial charge in [0.25, 0.3) is 0 Å². The maximum atomic E-state index is 5.88. The lowest BCUT2D eigenvalue weighted by Gasteiger charge is -2.19. The van der Waals surface area contributed by atoms with Gasteiger partial charge >= 0.3 is 0 Å². The van der Waals surface area contributed by atoms with E-state index in [4.69, 9.17) is 5.73 Å². The average Bonchev–Trinajstić information content (AvgIpc) is 3.19. The lowest BCUT2D eigenvalue weighted by molar-refractivity contribution is -0.500. The number of aryl methyl sites for hydroxylation is 1. The van der Waals surface area contributed by atoms with Crippen molar-refractivity contribution in [3.8, 4) is 0 Å². The van der Waals surface area contributed by atoms with Gasteiger partial charge < -0.3 is 5.73 Å². The van der Waals surface area contributed by atoms with Crippen LogP contribution in [0.1, 0.15) is 28.9 Å². The summed E-state index contributed by atoms with van der Waals surface area (Å²) in [5, 5.41) is 0. The van der Waals surface area contributed by atoms with Crippen LogP contribution in [0.3, 0.4) is 0 Å². The molecule has 1 aromatic heterocycles. The van der Waals surface area contributed by atoms with Gasteiger partial charge in [0, 0.05) is 23.4 Å². The van der Waals surface area contributed by atoms with E-state index in [0.717, 1.165) is 13.1 Å². The Morgan fingerprint density at radius 2 is 2.04 bits per heavy atom. The second kappa shape index (κ2) is 6.10. The Bertz CT molecular complexity index is 893. The predicted octanol–water partition coefficient (Wildman–Crippen LogP) is 3.65. The summed E-state index contributed by atoms with van der Waals surface area (Å²) in [6, 6.07) is 12.7. The Kier molecular flexibility index (Phi) is 3.79. The Balaban J connectivity index is 1.78. The molecule has 0 spiro atoms. The quantitative estimate of drug-likeness (QED) is 0.858. The van der Waals surface area contributed by atoms with Crippen molar-refractivity contribution in [3.63, 3.8) is 0 Å². The molecular formula is C21H22N3+. The number of rotatable bonds is 4. The predicted molar refractivity (Wildman–Crippen MR) is 101 cm³/mol. The van der Waals surface area contributed by atoms with Crippen molar-refractivity contribution in [1.82, 2.24) is 4.57 Å². The molecule has 0 unspecified atom stereocenters. The van der Waals surface area contributed by atoms with Gasteiger partial charge in [0.15, 0.2) is 6.21 Å². The zero-order valence-corrected chi connectivity index (χ0v) is 13.9. The third-order valence-corrected chi connectivity index (χ3v) is 4.68. The fourth-order valence-electron chi connectivity index (χ4n) is 3.62. The van der Waals surface area contributed by atoms with Crippen LogP contribution in [0.4, 0.5) is 0 Å². The molecule has 0 bridgehead atoms. The van der Waals surface area contributed by atoms with Crippen molar-refractivity contribution in [2.24, 2.45) is 5.73 Å². The zero-order valence-electron chi connectivity index (χ0n) is 13.9. The van der Waals surface area contributed by atoms with Crippen molar-refractivity contribution < 1.29 is 4.58 Å². The minimum Gasteiger partial charge on any atom is -0.330 e. The fraction of sp³-hybridized carbons (Fsp3) is 0.190. The highest BCUT2D eigenvalue weighted by Crippen LogP contribution is 2.34. The van der Waals surface area contributed by atoms with Crippen LogP contribution >= 0.6 is 0 Å². The molecule has 0 saturated heterocycles. The second-order valence-electron chi connectivity index (χ2n) is 6.29. The van der Waals surface area contributed by atoms with Gasteiger partial charge in [0.1, 0.15) is 0 Å². The molecule has 2 N–H and O–H groups in total. The van der Waals surface area contributed by atoms with Crippen molar-refractivity contribution in [2.45, 2.75) is 20.0 Å². The summed E-state index contributed by atoms with van der Waals surface area (Å²) in [7, 11) is 0. The molecule has 0 amide bonds. The van der Waals surface area contributed by atoms with Crippen LogP contribution in [0.5, 0.6) is 0 Å². The number of hydrogen-bond donors (Lipinski definition) is 1. The lowest BCUT2D eigenvalue weighted by atomic mass is 10.0.